The lowest BCUT2D eigenvalue weighted by Crippen LogP contribution is -2.10. The minimum absolute atomic E-state index is 0.180. The van der Waals surface area contributed by atoms with Crippen LogP contribution in [0, 0.1) is 0 Å². The molecule has 3 rings (SSSR count). The molecule has 6 heteroatoms. The molecule has 0 fully saturated rings. The quantitative estimate of drug-likeness (QED) is 0.467. The Labute approximate surface area is 146 Å². The van der Waals surface area contributed by atoms with Crippen molar-refractivity contribution in [3.63, 3.8) is 0 Å². The van der Waals surface area contributed by atoms with E-state index in [0.29, 0.717) is 38.2 Å². The van der Waals surface area contributed by atoms with Gasteiger partial charge in [0.05, 0.1) is 13.2 Å². The number of benzene rings is 2. The van der Waals surface area contributed by atoms with Crippen molar-refractivity contribution in [2.24, 2.45) is 0 Å². The molecule has 1 aromatic heterocycles. The highest BCUT2D eigenvalue weighted by Crippen LogP contribution is 2.11. The summed E-state index contributed by atoms with van der Waals surface area (Å²) in [7, 11) is 0. The second kappa shape index (κ2) is 8.73. The van der Waals surface area contributed by atoms with Gasteiger partial charge in [-0.2, -0.15) is 4.80 Å². The maximum Gasteiger partial charge on any atom is 0.306 e. The highest BCUT2D eigenvalue weighted by molar-refractivity contribution is 5.69. The first-order chi connectivity index (χ1) is 12.3. The largest absolute Gasteiger partial charge is 0.466 e. The van der Waals surface area contributed by atoms with Gasteiger partial charge < -0.3 is 4.74 Å². The molecule has 6 nitrogen and oxygen atoms in total. The lowest BCUT2D eigenvalue weighted by molar-refractivity contribution is -0.143. The van der Waals surface area contributed by atoms with E-state index in [1.165, 1.54) is 4.80 Å². The first-order valence-electron chi connectivity index (χ1n) is 8.34. The number of aromatic nitrogens is 4. The Morgan fingerprint density at radius 2 is 1.72 bits per heavy atom. The van der Waals surface area contributed by atoms with Crippen LogP contribution >= 0.6 is 0 Å². The van der Waals surface area contributed by atoms with E-state index in [2.05, 4.69) is 15.4 Å². The summed E-state index contributed by atoms with van der Waals surface area (Å²) in [5.74, 6) is 0.417. The summed E-state index contributed by atoms with van der Waals surface area (Å²) in [6, 6.07) is 19.6. The lowest BCUT2D eigenvalue weighted by atomic mass is 10.1. The maximum atomic E-state index is 11.7. The number of carbonyl (C=O) groups is 1. The van der Waals surface area contributed by atoms with Crippen molar-refractivity contribution in [2.75, 3.05) is 6.61 Å². The molecule has 1 heterocycles. The molecule has 3 aromatic rings. The van der Waals surface area contributed by atoms with E-state index < -0.39 is 0 Å². The predicted octanol–water partition coefficient (Wildman–Crippen LogP) is 2.91. The van der Waals surface area contributed by atoms with Crippen molar-refractivity contribution in [2.45, 2.75) is 25.8 Å². The van der Waals surface area contributed by atoms with E-state index in [-0.39, 0.29) is 5.97 Å². The van der Waals surface area contributed by atoms with Crippen molar-refractivity contribution in [3.05, 3.63) is 66.2 Å². The van der Waals surface area contributed by atoms with E-state index >= 15 is 0 Å². The van der Waals surface area contributed by atoms with Crippen LogP contribution in [0.25, 0.3) is 11.4 Å². The van der Waals surface area contributed by atoms with Crippen LogP contribution in [-0.4, -0.2) is 32.8 Å². The van der Waals surface area contributed by atoms with E-state index in [9.17, 15) is 4.79 Å². The average Bonchev–Trinajstić information content (AvgIpc) is 3.14. The Balaban J connectivity index is 1.36. The van der Waals surface area contributed by atoms with Gasteiger partial charge in [0.2, 0.25) is 5.82 Å². The van der Waals surface area contributed by atoms with Crippen LogP contribution in [0.1, 0.15) is 18.4 Å². The zero-order valence-corrected chi connectivity index (χ0v) is 13.9. The molecule has 0 saturated carbocycles. The van der Waals surface area contributed by atoms with Crippen molar-refractivity contribution in [1.82, 2.24) is 20.2 Å². The van der Waals surface area contributed by atoms with Crippen LogP contribution in [0.15, 0.2) is 60.7 Å². The summed E-state index contributed by atoms with van der Waals surface area (Å²) in [4.78, 5) is 13.3. The Morgan fingerprint density at radius 3 is 2.48 bits per heavy atom. The summed E-state index contributed by atoms with van der Waals surface area (Å²) in [5, 5.41) is 12.4. The summed E-state index contributed by atoms with van der Waals surface area (Å²) in [6.07, 6.45) is 1.75. The summed E-state index contributed by atoms with van der Waals surface area (Å²) < 4.78 is 5.25. The molecule has 0 spiro atoms. The maximum absolute atomic E-state index is 11.7. The van der Waals surface area contributed by atoms with Crippen LogP contribution < -0.4 is 0 Å². The van der Waals surface area contributed by atoms with Crippen LogP contribution in [0.4, 0.5) is 0 Å². The van der Waals surface area contributed by atoms with E-state index in [1.807, 2.05) is 60.7 Å². The minimum Gasteiger partial charge on any atom is -0.466 e. The fraction of sp³-hybridized carbons (Fsp3) is 0.263. The number of tetrazole rings is 1. The Hall–Kier alpha value is -3.02. The van der Waals surface area contributed by atoms with Crippen molar-refractivity contribution >= 4 is 5.97 Å². The van der Waals surface area contributed by atoms with Gasteiger partial charge >= 0.3 is 5.97 Å². The molecule has 0 amide bonds. The fourth-order valence-electron chi connectivity index (χ4n) is 2.40. The first kappa shape index (κ1) is 16.8. The second-order valence-electron chi connectivity index (χ2n) is 5.63. The van der Waals surface area contributed by atoms with Gasteiger partial charge in [-0.1, -0.05) is 60.7 Å². The molecule has 0 saturated heterocycles. The van der Waals surface area contributed by atoms with Crippen LogP contribution in [0.3, 0.4) is 0 Å². The van der Waals surface area contributed by atoms with Crippen molar-refractivity contribution in [3.8, 4) is 11.4 Å². The summed E-state index contributed by atoms with van der Waals surface area (Å²) in [6.45, 7) is 0.918. The van der Waals surface area contributed by atoms with E-state index in [4.69, 9.17) is 4.74 Å². The van der Waals surface area contributed by atoms with Gasteiger partial charge in [0, 0.05) is 18.4 Å². The number of carbonyl (C=O) groups excluding carboxylic acids is 1. The number of hydrogen-bond acceptors (Lipinski definition) is 5. The normalized spacial score (nSPS) is 10.6. The molecule has 0 bridgehead atoms. The molecule has 0 aliphatic carbocycles. The van der Waals surface area contributed by atoms with Crippen molar-refractivity contribution < 1.29 is 9.53 Å². The number of nitrogens with zero attached hydrogens (tertiary/aromatic N) is 4. The molecule has 128 valence electrons. The average molecular weight is 336 g/mol. The Morgan fingerprint density at radius 1 is 1.00 bits per heavy atom. The van der Waals surface area contributed by atoms with Crippen LogP contribution in [-0.2, 0) is 22.5 Å². The summed E-state index contributed by atoms with van der Waals surface area (Å²) in [5.41, 5.74) is 2.07. The molecule has 0 aliphatic heterocycles. The Kier molecular flexibility index (Phi) is 5.87. The zero-order chi connectivity index (χ0) is 17.3. The number of aryl methyl sites for hydroxylation is 2. The number of ether oxygens (including phenoxy) is 1. The van der Waals surface area contributed by atoms with Crippen molar-refractivity contribution in [1.29, 1.82) is 0 Å². The molecule has 25 heavy (non-hydrogen) atoms. The first-order valence-corrected chi connectivity index (χ1v) is 8.34. The minimum atomic E-state index is -0.180. The monoisotopic (exact) mass is 336 g/mol. The third-order valence-electron chi connectivity index (χ3n) is 3.71. The fourth-order valence-corrected chi connectivity index (χ4v) is 2.40. The standard InChI is InChI=1S/C19H20N4O2/c24-18(13-12-16-8-3-1-4-9-16)25-15-7-14-23-21-19(20-22-23)17-10-5-2-6-11-17/h1-6,8-11H,7,12-15H2. The topological polar surface area (TPSA) is 69.9 Å². The predicted molar refractivity (Wildman–Crippen MR) is 93.6 cm³/mol. The smallest absolute Gasteiger partial charge is 0.306 e. The van der Waals surface area contributed by atoms with Gasteiger partial charge in [-0.15, -0.1) is 10.2 Å². The van der Waals surface area contributed by atoms with Crippen LogP contribution in [0.2, 0.25) is 0 Å². The number of esters is 1. The third-order valence-corrected chi connectivity index (χ3v) is 3.71. The second-order valence-corrected chi connectivity index (χ2v) is 5.63. The van der Waals surface area contributed by atoms with Crippen LogP contribution in [0.5, 0.6) is 0 Å². The summed E-state index contributed by atoms with van der Waals surface area (Å²) >= 11 is 0. The molecule has 0 radical (unpaired) electrons. The van der Waals surface area contributed by atoms with Gasteiger partial charge in [0.1, 0.15) is 0 Å². The lowest BCUT2D eigenvalue weighted by Gasteiger charge is -2.04. The third kappa shape index (κ3) is 5.24. The van der Waals surface area contributed by atoms with Gasteiger partial charge in [0.15, 0.2) is 0 Å². The SMILES string of the molecule is O=C(CCc1ccccc1)OCCCn1nnc(-c2ccccc2)n1. The Bertz CT molecular complexity index is 787. The molecule has 2 aromatic carbocycles. The molecule has 0 unspecified atom stereocenters. The molecular formula is C19H20N4O2. The number of rotatable bonds is 8. The van der Waals surface area contributed by atoms with Gasteiger partial charge in [-0.25, -0.2) is 0 Å². The van der Waals surface area contributed by atoms with Gasteiger partial charge in [0.25, 0.3) is 0 Å². The molecule has 0 N–H and O–H groups in total. The highest BCUT2D eigenvalue weighted by Gasteiger charge is 2.06. The zero-order valence-electron chi connectivity index (χ0n) is 13.9. The van der Waals surface area contributed by atoms with Gasteiger partial charge in [-0.3, -0.25) is 4.79 Å². The molecular weight excluding hydrogens is 316 g/mol. The van der Waals surface area contributed by atoms with E-state index in [1.54, 1.807) is 0 Å². The van der Waals surface area contributed by atoms with Gasteiger partial charge in [-0.05, 0) is 17.2 Å². The van der Waals surface area contributed by atoms with E-state index in [0.717, 1.165) is 11.1 Å². The molecule has 0 aliphatic rings. The molecule has 0 atom stereocenters. The highest BCUT2D eigenvalue weighted by atomic mass is 16.5. The number of hydrogen-bond donors (Lipinski definition) is 0.